The van der Waals surface area contributed by atoms with Crippen LogP contribution in [0.4, 0.5) is 0 Å². The number of hydrogen-bond donors (Lipinski definition) is 1. The van der Waals surface area contributed by atoms with Crippen LogP contribution in [0.1, 0.15) is 32.6 Å². The van der Waals surface area contributed by atoms with E-state index in [2.05, 4.69) is 4.98 Å². The number of benzene rings is 2. The van der Waals surface area contributed by atoms with Crippen LogP contribution in [-0.4, -0.2) is 54.7 Å². The second-order valence-electron chi connectivity index (χ2n) is 8.03. The number of rotatable bonds is 3. The molecule has 1 saturated heterocycles. The van der Waals surface area contributed by atoms with Crippen molar-refractivity contribution in [3.8, 4) is 0 Å². The lowest BCUT2D eigenvalue weighted by Gasteiger charge is -2.34. The number of aromatic nitrogens is 1. The molecule has 0 unspecified atom stereocenters. The Morgan fingerprint density at radius 1 is 0.933 bits per heavy atom. The van der Waals surface area contributed by atoms with Gasteiger partial charge in [0.2, 0.25) is 10.0 Å². The molecule has 1 N–H and O–H groups in total. The third-order valence-corrected chi connectivity index (χ3v) is 8.41. The van der Waals surface area contributed by atoms with Crippen LogP contribution in [0.25, 0.3) is 10.9 Å². The minimum Gasteiger partial charge on any atom is -0.360 e. The molecule has 6 nitrogen and oxygen atoms in total. The third-order valence-electron chi connectivity index (χ3n) is 6.24. The van der Waals surface area contributed by atoms with Crippen LogP contribution >= 0.6 is 0 Å². The highest BCUT2D eigenvalue weighted by Gasteiger charge is 2.33. The Labute approximate surface area is 177 Å². The number of fused-ring (bicyclic) bond motifs is 1. The van der Waals surface area contributed by atoms with Crippen molar-refractivity contribution >= 4 is 26.8 Å². The van der Waals surface area contributed by atoms with Crippen LogP contribution < -0.4 is 0 Å². The van der Waals surface area contributed by atoms with E-state index in [9.17, 15) is 13.2 Å². The van der Waals surface area contributed by atoms with Gasteiger partial charge in [0.1, 0.15) is 0 Å². The molecule has 0 atom stereocenters. The summed E-state index contributed by atoms with van der Waals surface area (Å²) in [6.45, 7) is 8.96. The molecule has 2 aromatic carbocycles. The van der Waals surface area contributed by atoms with Gasteiger partial charge in [-0.1, -0.05) is 24.3 Å². The summed E-state index contributed by atoms with van der Waals surface area (Å²) in [5, 5.41) is 0.888. The maximum atomic E-state index is 13.4. The van der Waals surface area contributed by atoms with Crippen LogP contribution in [0, 0.1) is 27.7 Å². The van der Waals surface area contributed by atoms with Crippen LogP contribution in [0.3, 0.4) is 0 Å². The van der Waals surface area contributed by atoms with Crippen LogP contribution in [-0.2, 0) is 10.0 Å². The summed E-state index contributed by atoms with van der Waals surface area (Å²) < 4.78 is 28.4. The molecule has 0 spiro atoms. The average Bonchev–Trinajstić information content (AvgIpc) is 3.16. The van der Waals surface area contributed by atoms with Gasteiger partial charge in [-0.3, -0.25) is 4.79 Å². The molecule has 1 amide bonds. The van der Waals surface area contributed by atoms with Gasteiger partial charge in [0.05, 0.1) is 10.5 Å². The largest absolute Gasteiger partial charge is 0.360 e. The molecule has 158 valence electrons. The monoisotopic (exact) mass is 425 g/mol. The molecule has 0 radical (unpaired) electrons. The Morgan fingerprint density at radius 3 is 2.17 bits per heavy atom. The zero-order valence-corrected chi connectivity index (χ0v) is 18.6. The number of aryl methyl sites for hydroxylation is 2. The number of hydrogen-bond acceptors (Lipinski definition) is 3. The SMILES string of the molecule is Cc1cc(C)c(C)c(S(=O)(=O)N2CCN(C(=O)c3c[nH]c4ccccc34)CC2)c1C. The standard InChI is InChI=1S/C23H27N3O3S/c1-15-13-16(2)18(4)22(17(15)3)30(28,29)26-11-9-25(10-12-26)23(27)20-14-24-21-8-6-5-7-19(20)21/h5-8,13-14,24H,9-12H2,1-4H3. The molecule has 7 heteroatoms. The van der Waals surface area contributed by atoms with Gasteiger partial charge in [0.25, 0.3) is 5.91 Å². The average molecular weight is 426 g/mol. The molecule has 0 bridgehead atoms. The number of carbonyl (C=O) groups excluding carboxylic acids is 1. The summed E-state index contributed by atoms with van der Waals surface area (Å²) in [5.74, 6) is -0.0664. The first-order valence-electron chi connectivity index (χ1n) is 10.1. The molecule has 3 aromatic rings. The second kappa shape index (κ2) is 7.56. The smallest absolute Gasteiger partial charge is 0.256 e. The second-order valence-corrected chi connectivity index (χ2v) is 9.91. The predicted octanol–water partition coefficient (Wildman–Crippen LogP) is 3.55. The zero-order chi connectivity index (χ0) is 21.6. The number of carbonyl (C=O) groups is 1. The molecule has 1 aliphatic heterocycles. The van der Waals surface area contributed by atoms with Gasteiger partial charge in [-0.15, -0.1) is 0 Å². The lowest BCUT2D eigenvalue weighted by atomic mass is 10.0. The van der Waals surface area contributed by atoms with Crippen molar-refractivity contribution in [3.63, 3.8) is 0 Å². The van der Waals surface area contributed by atoms with Crippen LogP contribution in [0.2, 0.25) is 0 Å². The highest BCUT2D eigenvalue weighted by molar-refractivity contribution is 7.89. The van der Waals surface area contributed by atoms with E-state index < -0.39 is 10.0 Å². The number of amides is 1. The molecule has 1 aromatic heterocycles. The first-order valence-corrected chi connectivity index (χ1v) is 11.6. The maximum absolute atomic E-state index is 13.4. The molecule has 30 heavy (non-hydrogen) atoms. The van der Waals surface area contributed by atoms with Crippen molar-refractivity contribution in [2.24, 2.45) is 0 Å². The van der Waals surface area contributed by atoms with Crippen molar-refractivity contribution in [2.45, 2.75) is 32.6 Å². The van der Waals surface area contributed by atoms with Crippen LogP contribution in [0.15, 0.2) is 41.4 Å². The molecule has 0 aliphatic carbocycles. The lowest BCUT2D eigenvalue weighted by molar-refractivity contribution is 0.0700. The van der Waals surface area contributed by atoms with E-state index in [0.717, 1.165) is 33.2 Å². The van der Waals surface area contributed by atoms with Gasteiger partial charge < -0.3 is 9.88 Å². The number of nitrogens with zero attached hydrogens (tertiary/aromatic N) is 2. The Hall–Kier alpha value is -2.64. The Balaban J connectivity index is 1.56. The molecular formula is C23H27N3O3S. The van der Waals surface area contributed by atoms with Crippen molar-refractivity contribution in [1.82, 2.24) is 14.2 Å². The zero-order valence-electron chi connectivity index (χ0n) is 17.8. The molecule has 4 rings (SSSR count). The summed E-state index contributed by atoms with van der Waals surface area (Å²) in [6.07, 6.45) is 1.73. The third kappa shape index (κ3) is 3.32. The van der Waals surface area contributed by atoms with Gasteiger partial charge in [0, 0.05) is 43.3 Å². The van der Waals surface area contributed by atoms with Gasteiger partial charge in [-0.25, -0.2) is 8.42 Å². The van der Waals surface area contributed by atoms with Crippen molar-refractivity contribution in [2.75, 3.05) is 26.2 Å². The van der Waals surface area contributed by atoms with E-state index in [1.807, 2.05) is 58.0 Å². The summed E-state index contributed by atoms with van der Waals surface area (Å²) in [7, 11) is -3.62. The Kier molecular flexibility index (Phi) is 5.20. The summed E-state index contributed by atoms with van der Waals surface area (Å²) in [5.41, 5.74) is 5.10. The number of sulfonamides is 1. The first kappa shape index (κ1) is 20.6. The van der Waals surface area contributed by atoms with E-state index in [1.165, 1.54) is 4.31 Å². The normalized spacial score (nSPS) is 15.7. The van der Waals surface area contributed by atoms with Gasteiger partial charge >= 0.3 is 0 Å². The first-order chi connectivity index (χ1) is 14.2. The quantitative estimate of drug-likeness (QED) is 0.697. The fraction of sp³-hybridized carbons (Fsp3) is 0.348. The van der Waals surface area contributed by atoms with E-state index in [-0.39, 0.29) is 5.91 Å². The van der Waals surface area contributed by atoms with Crippen molar-refractivity contribution < 1.29 is 13.2 Å². The van der Waals surface area contributed by atoms with Crippen LogP contribution in [0.5, 0.6) is 0 Å². The highest BCUT2D eigenvalue weighted by atomic mass is 32.2. The van der Waals surface area contributed by atoms with E-state index in [1.54, 1.807) is 11.1 Å². The number of nitrogens with one attached hydrogen (secondary N) is 1. The minimum absolute atomic E-state index is 0.0664. The number of H-pyrrole nitrogens is 1. The van der Waals surface area contributed by atoms with E-state index in [4.69, 9.17) is 0 Å². The number of piperazine rings is 1. The fourth-order valence-corrected chi connectivity index (χ4v) is 6.25. The number of aromatic amines is 1. The van der Waals surface area contributed by atoms with Crippen molar-refractivity contribution in [3.05, 3.63) is 64.3 Å². The van der Waals surface area contributed by atoms with Gasteiger partial charge in [-0.05, 0) is 56.0 Å². The lowest BCUT2D eigenvalue weighted by Crippen LogP contribution is -2.50. The van der Waals surface area contributed by atoms with Gasteiger partial charge in [0.15, 0.2) is 0 Å². The Morgan fingerprint density at radius 2 is 1.53 bits per heavy atom. The maximum Gasteiger partial charge on any atom is 0.256 e. The predicted molar refractivity (Wildman–Crippen MR) is 118 cm³/mol. The molecular weight excluding hydrogens is 398 g/mol. The summed E-state index contributed by atoms with van der Waals surface area (Å²) >= 11 is 0. The van der Waals surface area contributed by atoms with Gasteiger partial charge in [-0.2, -0.15) is 4.31 Å². The highest BCUT2D eigenvalue weighted by Crippen LogP contribution is 2.29. The summed E-state index contributed by atoms with van der Waals surface area (Å²) in [6, 6.07) is 9.72. The molecule has 1 aliphatic rings. The number of para-hydroxylation sites is 1. The summed E-state index contributed by atoms with van der Waals surface area (Å²) in [4.78, 5) is 18.3. The fourth-order valence-electron chi connectivity index (χ4n) is 4.25. The van der Waals surface area contributed by atoms with Crippen molar-refractivity contribution in [1.29, 1.82) is 0 Å². The van der Waals surface area contributed by atoms with E-state index in [0.29, 0.717) is 36.6 Å². The molecule has 1 fully saturated rings. The minimum atomic E-state index is -3.62. The van der Waals surface area contributed by atoms with E-state index >= 15 is 0 Å². The topological polar surface area (TPSA) is 73.5 Å². The Bertz CT molecular complexity index is 1210. The molecule has 2 heterocycles. The molecule has 0 saturated carbocycles.